The third kappa shape index (κ3) is 3.62. The lowest BCUT2D eigenvalue weighted by molar-refractivity contribution is 0.0756. The van der Waals surface area contributed by atoms with E-state index in [9.17, 15) is 4.79 Å². The molecule has 1 saturated heterocycles. The molecule has 3 aromatic rings. The first-order chi connectivity index (χ1) is 12.3. The largest absolute Gasteiger partial charge is 0.355 e. The van der Waals surface area contributed by atoms with Crippen LogP contribution in [0.3, 0.4) is 0 Å². The van der Waals surface area contributed by atoms with Crippen molar-refractivity contribution in [3.63, 3.8) is 0 Å². The zero-order valence-electron chi connectivity index (χ0n) is 13.5. The van der Waals surface area contributed by atoms with E-state index in [0.717, 1.165) is 30.8 Å². The molecule has 0 unspecified atom stereocenters. The summed E-state index contributed by atoms with van der Waals surface area (Å²) in [5, 5.41) is 6.55. The van der Waals surface area contributed by atoms with Gasteiger partial charge in [-0.15, -0.1) is 11.3 Å². The maximum absolute atomic E-state index is 12.8. The first kappa shape index (κ1) is 16.4. The number of rotatable bonds is 3. The minimum atomic E-state index is -0.0636. The maximum Gasteiger partial charge on any atom is 0.276 e. The molecule has 7 heteroatoms. The summed E-state index contributed by atoms with van der Waals surface area (Å²) in [7, 11) is 0. The minimum absolute atomic E-state index is 0.0636. The van der Waals surface area contributed by atoms with Crippen LogP contribution in [-0.2, 0) is 0 Å². The zero-order valence-corrected chi connectivity index (χ0v) is 15.1. The lowest BCUT2D eigenvalue weighted by Crippen LogP contribution is -2.33. The van der Waals surface area contributed by atoms with Gasteiger partial charge < -0.3 is 9.42 Å². The van der Waals surface area contributed by atoms with Gasteiger partial charge in [0.15, 0.2) is 11.5 Å². The fourth-order valence-corrected chi connectivity index (χ4v) is 5.09. The summed E-state index contributed by atoms with van der Waals surface area (Å²) in [6.45, 7) is 1.48. The lowest BCUT2D eigenvalue weighted by atomic mass is 10.2. The summed E-state index contributed by atoms with van der Waals surface area (Å²) in [6.07, 6.45) is 4.36. The number of hydrogen-bond donors (Lipinski definition) is 0. The van der Waals surface area contributed by atoms with Crippen molar-refractivity contribution in [3.8, 4) is 11.3 Å². The Morgan fingerprint density at radius 2 is 2.24 bits per heavy atom. The van der Waals surface area contributed by atoms with Gasteiger partial charge in [-0.2, -0.15) is 11.8 Å². The van der Waals surface area contributed by atoms with E-state index in [1.54, 1.807) is 29.8 Å². The number of hydrogen-bond acceptors (Lipinski definition) is 6. The van der Waals surface area contributed by atoms with Crippen LogP contribution in [0.5, 0.6) is 0 Å². The van der Waals surface area contributed by atoms with Crippen LogP contribution in [0.4, 0.5) is 0 Å². The molecule has 1 amide bonds. The van der Waals surface area contributed by atoms with E-state index in [0.29, 0.717) is 16.7 Å². The van der Waals surface area contributed by atoms with Crippen LogP contribution in [0, 0.1) is 0 Å². The van der Waals surface area contributed by atoms with E-state index in [-0.39, 0.29) is 5.91 Å². The second-order valence-corrected chi connectivity index (χ2v) is 8.06. The molecule has 25 heavy (non-hydrogen) atoms. The number of thiophene rings is 1. The molecule has 1 fully saturated rings. The summed E-state index contributed by atoms with van der Waals surface area (Å²) >= 11 is 3.71. The Balaban J connectivity index is 1.45. The van der Waals surface area contributed by atoms with Gasteiger partial charge in [-0.05, 0) is 30.0 Å². The van der Waals surface area contributed by atoms with Crippen LogP contribution in [0.1, 0.15) is 27.0 Å². The van der Waals surface area contributed by atoms with Crippen LogP contribution in [0.25, 0.3) is 11.3 Å². The topological polar surface area (TPSA) is 59.2 Å². The molecule has 0 radical (unpaired) electrons. The van der Waals surface area contributed by atoms with Crippen molar-refractivity contribution in [2.75, 3.05) is 18.8 Å². The monoisotopic (exact) mass is 371 g/mol. The highest BCUT2D eigenvalue weighted by molar-refractivity contribution is 7.99. The smallest absolute Gasteiger partial charge is 0.276 e. The van der Waals surface area contributed by atoms with Gasteiger partial charge in [0.1, 0.15) is 0 Å². The Labute approximate surface area is 154 Å². The Hall–Kier alpha value is -2.12. The van der Waals surface area contributed by atoms with Crippen molar-refractivity contribution in [2.24, 2.45) is 0 Å². The average Bonchev–Trinajstić information content (AvgIpc) is 3.30. The van der Waals surface area contributed by atoms with Gasteiger partial charge in [-0.1, -0.05) is 11.2 Å². The highest BCUT2D eigenvalue weighted by atomic mass is 32.2. The van der Waals surface area contributed by atoms with E-state index >= 15 is 0 Å². The molecule has 5 nitrogen and oxygen atoms in total. The maximum atomic E-state index is 12.8. The molecule has 0 bridgehead atoms. The number of amides is 1. The molecular formula is C18H17N3O2S2. The van der Waals surface area contributed by atoms with Gasteiger partial charge in [-0.25, -0.2) is 0 Å². The van der Waals surface area contributed by atoms with Gasteiger partial charge in [-0.3, -0.25) is 9.78 Å². The van der Waals surface area contributed by atoms with Crippen molar-refractivity contribution in [2.45, 2.75) is 11.7 Å². The first-order valence-electron chi connectivity index (χ1n) is 8.12. The fraction of sp³-hybridized carbons (Fsp3) is 0.278. The number of carbonyl (C=O) groups excluding carboxylic acids is 1. The molecule has 0 saturated carbocycles. The van der Waals surface area contributed by atoms with E-state index in [1.165, 1.54) is 4.88 Å². The van der Waals surface area contributed by atoms with Gasteiger partial charge in [0.2, 0.25) is 0 Å². The highest BCUT2D eigenvalue weighted by Gasteiger charge is 2.25. The molecular weight excluding hydrogens is 354 g/mol. The summed E-state index contributed by atoms with van der Waals surface area (Å²) in [5.41, 5.74) is 1.18. The Bertz CT molecular complexity index is 833. The predicted molar refractivity (Wildman–Crippen MR) is 99.8 cm³/mol. The molecule has 0 aromatic carbocycles. The number of carbonyl (C=O) groups is 1. The lowest BCUT2D eigenvalue weighted by Gasteiger charge is -2.18. The summed E-state index contributed by atoms with van der Waals surface area (Å²) < 4.78 is 5.33. The molecule has 128 valence electrons. The predicted octanol–water partition coefficient (Wildman–Crippen LogP) is 4.12. The van der Waals surface area contributed by atoms with Gasteiger partial charge in [0.25, 0.3) is 5.91 Å². The third-order valence-electron chi connectivity index (χ3n) is 4.16. The van der Waals surface area contributed by atoms with E-state index in [1.807, 2.05) is 28.8 Å². The second kappa shape index (κ2) is 7.41. The van der Waals surface area contributed by atoms with Crippen LogP contribution in [-0.4, -0.2) is 39.8 Å². The van der Waals surface area contributed by atoms with Crippen molar-refractivity contribution < 1.29 is 9.32 Å². The normalized spacial score (nSPS) is 18.1. The van der Waals surface area contributed by atoms with Crippen molar-refractivity contribution in [3.05, 3.63) is 58.7 Å². The number of aromatic nitrogens is 2. The highest BCUT2D eigenvalue weighted by Crippen LogP contribution is 2.36. The molecule has 4 rings (SSSR count). The van der Waals surface area contributed by atoms with Crippen molar-refractivity contribution in [1.29, 1.82) is 0 Å². The number of pyridine rings is 1. The SMILES string of the molecule is O=C(c1cc(-c2cccnc2)on1)N1CCS[C@H](c2cccs2)CC1. The van der Waals surface area contributed by atoms with E-state index < -0.39 is 0 Å². The molecule has 1 aliphatic heterocycles. The minimum Gasteiger partial charge on any atom is -0.355 e. The summed E-state index contributed by atoms with van der Waals surface area (Å²) in [6, 6.07) is 9.68. The van der Waals surface area contributed by atoms with E-state index in [4.69, 9.17) is 4.52 Å². The Kier molecular flexibility index (Phi) is 4.85. The Morgan fingerprint density at radius 1 is 1.28 bits per heavy atom. The van der Waals surface area contributed by atoms with Crippen LogP contribution in [0.15, 0.2) is 52.6 Å². The van der Waals surface area contributed by atoms with Crippen LogP contribution >= 0.6 is 23.1 Å². The summed E-state index contributed by atoms with van der Waals surface area (Å²) in [5.74, 6) is 1.44. The van der Waals surface area contributed by atoms with Gasteiger partial charge in [0, 0.05) is 53.0 Å². The molecule has 0 N–H and O–H groups in total. The number of nitrogens with zero attached hydrogens (tertiary/aromatic N) is 3. The zero-order chi connectivity index (χ0) is 17.1. The first-order valence-corrected chi connectivity index (χ1v) is 10.1. The molecule has 3 aromatic heterocycles. The fourth-order valence-electron chi connectivity index (χ4n) is 2.86. The van der Waals surface area contributed by atoms with Crippen molar-refractivity contribution >= 4 is 29.0 Å². The quantitative estimate of drug-likeness (QED) is 0.693. The van der Waals surface area contributed by atoms with Gasteiger partial charge >= 0.3 is 0 Å². The van der Waals surface area contributed by atoms with Crippen LogP contribution < -0.4 is 0 Å². The summed E-state index contributed by atoms with van der Waals surface area (Å²) in [4.78, 5) is 20.1. The van der Waals surface area contributed by atoms with Gasteiger partial charge in [0.05, 0.1) is 0 Å². The van der Waals surface area contributed by atoms with E-state index in [2.05, 4.69) is 27.7 Å². The Morgan fingerprint density at radius 3 is 3.04 bits per heavy atom. The van der Waals surface area contributed by atoms with Crippen molar-refractivity contribution in [1.82, 2.24) is 15.0 Å². The molecule has 0 aliphatic carbocycles. The standard InChI is InChI=1S/C18H17N3O2S2/c22-18(14-11-15(23-20-14)13-3-1-6-19-12-13)21-7-5-17(25-10-8-21)16-4-2-9-24-16/h1-4,6,9,11-12,17H,5,7-8,10H2/t17-/m0/s1. The number of thioether (sulfide) groups is 1. The van der Waals surface area contributed by atoms with Crippen LogP contribution in [0.2, 0.25) is 0 Å². The molecule has 1 atom stereocenters. The average molecular weight is 371 g/mol. The third-order valence-corrected chi connectivity index (χ3v) is 6.61. The second-order valence-electron chi connectivity index (χ2n) is 5.77. The molecule has 4 heterocycles. The molecule has 1 aliphatic rings. The molecule has 0 spiro atoms.